The molecule has 1 aromatic carbocycles. The average molecular weight is 343 g/mol. The maximum atomic E-state index is 12.4. The maximum Gasteiger partial charge on any atom is 0.406 e. The van der Waals surface area contributed by atoms with Gasteiger partial charge in [-0.25, -0.2) is 0 Å². The minimum absolute atomic E-state index is 0.00908. The summed E-state index contributed by atoms with van der Waals surface area (Å²) in [6.07, 6.45) is -4.22. The second-order valence-electron chi connectivity index (χ2n) is 5.88. The van der Waals surface area contributed by atoms with Gasteiger partial charge in [0, 0.05) is 26.3 Å². The third-order valence-electron chi connectivity index (χ3n) is 4.07. The van der Waals surface area contributed by atoms with Crippen molar-refractivity contribution in [2.45, 2.75) is 18.6 Å². The van der Waals surface area contributed by atoms with Crippen molar-refractivity contribution >= 4 is 17.5 Å². The molecule has 132 valence electrons. The van der Waals surface area contributed by atoms with E-state index in [4.69, 9.17) is 0 Å². The number of nitrogens with zero attached hydrogens (tertiary/aromatic N) is 3. The summed E-state index contributed by atoms with van der Waals surface area (Å²) in [6.45, 7) is -1.22. The Hall–Kier alpha value is -2.25. The summed E-state index contributed by atoms with van der Waals surface area (Å²) in [5, 5.41) is 0. The third-order valence-corrected chi connectivity index (χ3v) is 4.07. The highest BCUT2D eigenvalue weighted by molar-refractivity contribution is 5.90. The Morgan fingerprint density at radius 3 is 2.46 bits per heavy atom. The van der Waals surface area contributed by atoms with Gasteiger partial charge in [-0.3, -0.25) is 9.59 Å². The minimum Gasteiger partial charge on any atom is -0.365 e. The van der Waals surface area contributed by atoms with Crippen molar-refractivity contribution in [2.24, 2.45) is 0 Å². The van der Waals surface area contributed by atoms with E-state index < -0.39 is 24.7 Å². The lowest BCUT2D eigenvalue weighted by Gasteiger charge is -2.27. The predicted octanol–water partition coefficient (Wildman–Crippen LogP) is 1.74. The fraction of sp³-hybridized carbons (Fsp3) is 0.500. The number of likely N-dealkylation sites (N-methyl/N-ethyl adjacent to an activating group) is 2. The number of carbonyl (C=O) groups is 2. The average Bonchev–Trinajstić information content (AvgIpc) is 2.86. The molecule has 0 saturated carbocycles. The number of hydrogen-bond donors (Lipinski definition) is 0. The van der Waals surface area contributed by atoms with Gasteiger partial charge in [-0.05, 0) is 18.6 Å². The van der Waals surface area contributed by atoms with Crippen LogP contribution in [0.15, 0.2) is 30.3 Å². The van der Waals surface area contributed by atoms with Crippen LogP contribution in [0.3, 0.4) is 0 Å². The molecule has 1 saturated heterocycles. The molecule has 5 nitrogen and oxygen atoms in total. The standard InChI is InChI=1S/C16H20F3N3O2/c1-20(12-6-4-3-5-7-12)10-14(23)21(2)13-8-9-22(15(13)24)11-16(17,18)19/h3-7,13H,8-11H2,1-2H3/t13-/m1/s1. The van der Waals surface area contributed by atoms with E-state index in [1.165, 1.54) is 11.9 Å². The number of para-hydroxylation sites is 1. The van der Waals surface area contributed by atoms with Crippen LogP contribution < -0.4 is 4.90 Å². The largest absolute Gasteiger partial charge is 0.406 e. The normalized spacial score (nSPS) is 18.0. The van der Waals surface area contributed by atoms with Gasteiger partial charge in [-0.2, -0.15) is 13.2 Å². The summed E-state index contributed by atoms with van der Waals surface area (Å²) in [5.74, 6) is -0.959. The number of carbonyl (C=O) groups excluding carboxylic acids is 2. The van der Waals surface area contributed by atoms with Crippen molar-refractivity contribution in [2.75, 3.05) is 38.6 Å². The molecule has 1 fully saturated rings. The van der Waals surface area contributed by atoms with Crippen molar-refractivity contribution in [1.82, 2.24) is 9.80 Å². The number of amides is 2. The number of likely N-dealkylation sites (tertiary alicyclic amines) is 1. The van der Waals surface area contributed by atoms with Gasteiger partial charge in [0.2, 0.25) is 11.8 Å². The first-order valence-corrected chi connectivity index (χ1v) is 7.56. The maximum absolute atomic E-state index is 12.4. The van der Waals surface area contributed by atoms with Gasteiger partial charge in [-0.15, -0.1) is 0 Å². The first kappa shape index (κ1) is 18.1. The van der Waals surface area contributed by atoms with Crippen LogP contribution in [0, 0.1) is 0 Å². The zero-order valence-electron chi connectivity index (χ0n) is 13.6. The molecule has 0 spiro atoms. The third kappa shape index (κ3) is 4.39. The highest BCUT2D eigenvalue weighted by Gasteiger charge is 2.41. The molecule has 0 N–H and O–H groups in total. The Morgan fingerprint density at radius 2 is 1.88 bits per heavy atom. The van der Waals surface area contributed by atoms with Gasteiger partial charge in [0.25, 0.3) is 0 Å². The van der Waals surface area contributed by atoms with E-state index in [2.05, 4.69) is 0 Å². The summed E-state index contributed by atoms with van der Waals surface area (Å²) in [4.78, 5) is 28.2. The van der Waals surface area contributed by atoms with Crippen LogP contribution in [0.1, 0.15) is 6.42 Å². The van der Waals surface area contributed by atoms with Gasteiger partial charge in [0.15, 0.2) is 0 Å². The molecule has 2 rings (SSSR count). The molecule has 2 amide bonds. The number of hydrogen-bond acceptors (Lipinski definition) is 3. The highest BCUT2D eigenvalue weighted by atomic mass is 19.4. The Morgan fingerprint density at radius 1 is 1.25 bits per heavy atom. The first-order valence-electron chi connectivity index (χ1n) is 7.56. The molecule has 1 atom stereocenters. The lowest BCUT2D eigenvalue weighted by Crippen LogP contribution is -2.47. The first-order chi connectivity index (χ1) is 11.2. The van der Waals surface area contributed by atoms with Gasteiger partial charge in [0.05, 0.1) is 6.54 Å². The van der Waals surface area contributed by atoms with E-state index in [1.54, 1.807) is 11.9 Å². The molecular weight excluding hydrogens is 323 g/mol. The fourth-order valence-electron chi connectivity index (χ4n) is 2.72. The Labute approximate surface area is 138 Å². The van der Waals surface area contributed by atoms with E-state index in [1.807, 2.05) is 30.3 Å². The molecule has 24 heavy (non-hydrogen) atoms. The second kappa shape index (κ2) is 7.11. The molecule has 8 heteroatoms. The quantitative estimate of drug-likeness (QED) is 0.818. The number of halogens is 3. The highest BCUT2D eigenvalue weighted by Crippen LogP contribution is 2.23. The summed E-state index contributed by atoms with van der Waals surface area (Å²) in [7, 11) is 3.20. The summed E-state index contributed by atoms with van der Waals surface area (Å²) in [5.41, 5.74) is 0.843. The van der Waals surface area contributed by atoms with E-state index >= 15 is 0 Å². The lowest BCUT2D eigenvalue weighted by atomic mass is 10.2. The Bertz CT molecular complexity index is 592. The number of anilines is 1. The lowest BCUT2D eigenvalue weighted by molar-refractivity contribution is -0.159. The number of benzene rings is 1. The SMILES string of the molecule is CN(CC(=O)N(C)[C@@H]1CCN(CC(F)(F)F)C1=O)c1ccccc1. The monoisotopic (exact) mass is 343 g/mol. The molecule has 0 aliphatic carbocycles. The molecule has 1 aliphatic heterocycles. The van der Waals surface area contributed by atoms with Crippen LogP contribution in [0.5, 0.6) is 0 Å². The molecule has 1 aliphatic rings. The van der Waals surface area contributed by atoms with Crippen LogP contribution in [-0.2, 0) is 9.59 Å². The van der Waals surface area contributed by atoms with E-state index in [9.17, 15) is 22.8 Å². The molecule has 0 radical (unpaired) electrons. The second-order valence-corrected chi connectivity index (χ2v) is 5.88. The van der Waals surface area contributed by atoms with E-state index in [0.29, 0.717) is 0 Å². The fourth-order valence-corrected chi connectivity index (χ4v) is 2.72. The van der Waals surface area contributed by atoms with Crippen LogP contribution in [0.25, 0.3) is 0 Å². The van der Waals surface area contributed by atoms with Crippen LogP contribution in [0.4, 0.5) is 18.9 Å². The van der Waals surface area contributed by atoms with E-state index in [-0.39, 0.29) is 25.4 Å². The minimum atomic E-state index is -4.43. The van der Waals surface area contributed by atoms with Crippen molar-refractivity contribution in [1.29, 1.82) is 0 Å². The molecule has 0 aromatic heterocycles. The summed E-state index contributed by atoms with van der Waals surface area (Å²) in [6, 6.07) is 8.41. The van der Waals surface area contributed by atoms with Crippen molar-refractivity contribution in [3.8, 4) is 0 Å². The van der Waals surface area contributed by atoms with Crippen molar-refractivity contribution in [3.05, 3.63) is 30.3 Å². The summed E-state index contributed by atoms with van der Waals surface area (Å²) >= 11 is 0. The topological polar surface area (TPSA) is 43.9 Å². The molecule has 0 bridgehead atoms. The van der Waals surface area contributed by atoms with Crippen LogP contribution in [0.2, 0.25) is 0 Å². The molecule has 0 unspecified atom stereocenters. The van der Waals surface area contributed by atoms with Crippen molar-refractivity contribution < 1.29 is 22.8 Å². The molecular formula is C16H20F3N3O2. The number of rotatable bonds is 5. The Kier molecular flexibility index (Phi) is 5.36. The van der Waals surface area contributed by atoms with Gasteiger partial charge >= 0.3 is 6.18 Å². The predicted molar refractivity (Wildman–Crippen MR) is 83.5 cm³/mol. The van der Waals surface area contributed by atoms with Gasteiger partial charge in [0.1, 0.15) is 12.6 Å². The molecule has 1 aromatic rings. The van der Waals surface area contributed by atoms with Crippen LogP contribution >= 0.6 is 0 Å². The van der Waals surface area contributed by atoms with Gasteiger partial charge < -0.3 is 14.7 Å². The smallest absolute Gasteiger partial charge is 0.365 e. The zero-order valence-corrected chi connectivity index (χ0v) is 13.6. The zero-order chi connectivity index (χ0) is 17.9. The summed E-state index contributed by atoms with van der Waals surface area (Å²) < 4.78 is 37.3. The number of alkyl halides is 3. The molecule has 1 heterocycles. The Balaban J connectivity index is 1.95. The van der Waals surface area contributed by atoms with Gasteiger partial charge in [-0.1, -0.05) is 18.2 Å². The van der Waals surface area contributed by atoms with Crippen LogP contribution in [-0.4, -0.2) is 67.6 Å². The van der Waals surface area contributed by atoms with E-state index in [0.717, 1.165) is 10.6 Å². The van der Waals surface area contributed by atoms with Crippen molar-refractivity contribution in [3.63, 3.8) is 0 Å².